The van der Waals surface area contributed by atoms with Crippen LogP contribution in [0.2, 0.25) is 39.3 Å². The van der Waals surface area contributed by atoms with E-state index in [2.05, 4.69) is 56.7 Å². The standard InChI is InChI=1S/C15H33NSi2/c1-9-15(2)13-11-10-12-14-16(17(3,4)5)18(6,7)8/h9H,1-2,10-14H2,3-8H3. The molecule has 0 saturated heterocycles. The number of nitrogens with zero attached hydrogens (tertiary/aromatic N) is 1. The molecule has 0 fully saturated rings. The van der Waals surface area contributed by atoms with Crippen molar-refractivity contribution in [3.8, 4) is 0 Å². The summed E-state index contributed by atoms with van der Waals surface area (Å²) >= 11 is 0. The Bertz CT molecular complexity index is 257. The monoisotopic (exact) mass is 283 g/mol. The molecule has 0 radical (unpaired) electrons. The van der Waals surface area contributed by atoms with Crippen LogP contribution in [0.4, 0.5) is 0 Å². The van der Waals surface area contributed by atoms with Crippen LogP contribution in [0, 0.1) is 0 Å². The van der Waals surface area contributed by atoms with E-state index in [4.69, 9.17) is 0 Å². The number of hydrogen-bond donors (Lipinski definition) is 0. The van der Waals surface area contributed by atoms with E-state index in [1.165, 1.54) is 31.4 Å². The average molecular weight is 284 g/mol. The lowest BCUT2D eigenvalue weighted by Crippen LogP contribution is -2.59. The highest BCUT2D eigenvalue weighted by Gasteiger charge is 2.33. The maximum atomic E-state index is 3.97. The molecule has 0 atom stereocenters. The first-order chi connectivity index (χ1) is 8.09. The van der Waals surface area contributed by atoms with Crippen LogP contribution >= 0.6 is 0 Å². The van der Waals surface area contributed by atoms with Gasteiger partial charge in [0.1, 0.15) is 16.5 Å². The molecule has 0 saturated carbocycles. The maximum Gasteiger partial charge on any atom is 0.112 e. The third-order valence-corrected chi connectivity index (χ3v) is 11.0. The van der Waals surface area contributed by atoms with Crippen LogP contribution < -0.4 is 0 Å². The molecule has 0 bridgehead atoms. The van der Waals surface area contributed by atoms with Gasteiger partial charge in [-0.15, -0.1) is 0 Å². The molecule has 0 aromatic rings. The van der Waals surface area contributed by atoms with Crippen LogP contribution in [0.15, 0.2) is 24.8 Å². The summed E-state index contributed by atoms with van der Waals surface area (Å²) < 4.78 is 2.88. The predicted molar refractivity (Wildman–Crippen MR) is 91.2 cm³/mol. The van der Waals surface area contributed by atoms with Crippen LogP contribution in [-0.2, 0) is 0 Å². The smallest absolute Gasteiger partial charge is 0.112 e. The molecule has 0 aromatic carbocycles. The number of unbranched alkanes of at least 4 members (excludes halogenated alkanes) is 2. The Morgan fingerprint density at radius 2 is 1.44 bits per heavy atom. The largest absolute Gasteiger partial charge is 0.346 e. The lowest BCUT2D eigenvalue weighted by atomic mass is 10.1. The van der Waals surface area contributed by atoms with Crippen molar-refractivity contribution in [3.05, 3.63) is 24.8 Å². The molecule has 18 heavy (non-hydrogen) atoms. The van der Waals surface area contributed by atoms with Crippen molar-refractivity contribution in [2.24, 2.45) is 0 Å². The number of allylic oxidation sites excluding steroid dienone is 2. The van der Waals surface area contributed by atoms with Crippen LogP contribution in [0.1, 0.15) is 25.7 Å². The average Bonchev–Trinajstić information content (AvgIpc) is 2.18. The van der Waals surface area contributed by atoms with Crippen LogP contribution in [-0.4, -0.2) is 27.2 Å². The Hall–Kier alpha value is -0.126. The molecule has 0 unspecified atom stereocenters. The molecule has 3 heteroatoms. The van der Waals surface area contributed by atoms with Gasteiger partial charge in [-0.2, -0.15) is 0 Å². The highest BCUT2D eigenvalue weighted by Crippen LogP contribution is 2.20. The zero-order valence-electron chi connectivity index (χ0n) is 13.5. The molecular formula is C15H33NSi2. The summed E-state index contributed by atoms with van der Waals surface area (Å²) in [5.41, 5.74) is 1.18. The van der Waals surface area contributed by atoms with E-state index in [9.17, 15) is 0 Å². The molecule has 0 aliphatic heterocycles. The molecule has 1 nitrogen and oxygen atoms in total. The van der Waals surface area contributed by atoms with E-state index in [1.54, 1.807) is 0 Å². The van der Waals surface area contributed by atoms with E-state index >= 15 is 0 Å². The molecule has 0 aliphatic rings. The molecule has 0 heterocycles. The van der Waals surface area contributed by atoms with E-state index < -0.39 is 16.5 Å². The molecule has 0 N–H and O–H groups in total. The van der Waals surface area contributed by atoms with Gasteiger partial charge in [-0.3, -0.25) is 0 Å². The summed E-state index contributed by atoms with van der Waals surface area (Å²) in [6.07, 6.45) is 6.91. The fourth-order valence-electron chi connectivity index (χ4n) is 2.58. The molecule has 0 aromatic heterocycles. The summed E-state index contributed by atoms with van der Waals surface area (Å²) in [6, 6.07) is 0. The molecule has 0 aliphatic carbocycles. The minimum Gasteiger partial charge on any atom is -0.346 e. The van der Waals surface area contributed by atoms with Crippen LogP contribution in [0.25, 0.3) is 0 Å². The van der Waals surface area contributed by atoms with Crippen molar-refractivity contribution in [1.82, 2.24) is 4.23 Å². The summed E-state index contributed by atoms with van der Waals surface area (Å²) in [5.74, 6) is 0. The number of rotatable bonds is 9. The van der Waals surface area contributed by atoms with Gasteiger partial charge in [-0.1, -0.05) is 70.5 Å². The summed E-state index contributed by atoms with van der Waals surface area (Å²) in [4.78, 5) is 0. The van der Waals surface area contributed by atoms with Gasteiger partial charge in [0, 0.05) is 0 Å². The lowest BCUT2D eigenvalue weighted by Gasteiger charge is -2.43. The molecular weight excluding hydrogens is 250 g/mol. The van der Waals surface area contributed by atoms with Crippen LogP contribution in [0.3, 0.4) is 0 Å². The fourth-order valence-corrected chi connectivity index (χ4v) is 12.3. The fraction of sp³-hybridized carbons (Fsp3) is 0.733. The van der Waals surface area contributed by atoms with Gasteiger partial charge in [0.05, 0.1) is 0 Å². The van der Waals surface area contributed by atoms with Crippen molar-refractivity contribution in [2.45, 2.75) is 65.0 Å². The van der Waals surface area contributed by atoms with E-state index in [0.29, 0.717) is 0 Å². The Morgan fingerprint density at radius 3 is 1.83 bits per heavy atom. The normalized spacial score (nSPS) is 12.8. The summed E-state index contributed by atoms with van der Waals surface area (Å²) in [7, 11) is -2.30. The second kappa shape index (κ2) is 7.46. The SMILES string of the molecule is C=CC(=C)CCCCCN([Si](C)(C)C)[Si](C)(C)C. The first-order valence-electron chi connectivity index (χ1n) is 7.17. The van der Waals surface area contributed by atoms with Gasteiger partial charge in [-0.05, 0) is 25.8 Å². The molecule has 0 amide bonds. The highest BCUT2D eigenvalue weighted by molar-refractivity contribution is 6.89. The van der Waals surface area contributed by atoms with Crippen molar-refractivity contribution in [3.63, 3.8) is 0 Å². The Balaban J connectivity index is 4.08. The van der Waals surface area contributed by atoms with Gasteiger partial charge in [-0.25, -0.2) is 0 Å². The zero-order valence-corrected chi connectivity index (χ0v) is 15.5. The van der Waals surface area contributed by atoms with Crippen LogP contribution in [0.5, 0.6) is 0 Å². The molecule has 0 spiro atoms. The second-order valence-electron chi connectivity index (χ2n) is 7.17. The summed E-state index contributed by atoms with van der Waals surface area (Å²) in [5, 5.41) is 0. The Morgan fingerprint density at radius 1 is 0.944 bits per heavy atom. The van der Waals surface area contributed by atoms with E-state index in [0.717, 1.165) is 6.42 Å². The predicted octanol–water partition coefficient (Wildman–Crippen LogP) is 5.26. The van der Waals surface area contributed by atoms with Gasteiger partial charge in [0.2, 0.25) is 0 Å². The Labute approximate surface area is 117 Å². The van der Waals surface area contributed by atoms with E-state index in [1.807, 2.05) is 6.08 Å². The lowest BCUT2D eigenvalue weighted by molar-refractivity contribution is 0.550. The van der Waals surface area contributed by atoms with Gasteiger partial charge in [0.25, 0.3) is 0 Å². The highest BCUT2D eigenvalue weighted by atomic mass is 28.4. The second-order valence-corrected chi connectivity index (χ2v) is 17.4. The van der Waals surface area contributed by atoms with Crippen molar-refractivity contribution >= 4 is 16.5 Å². The topological polar surface area (TPSA) is 3.24 Å². The zero-order chi connectivity index (χ0) is 14.4. The molecule has 0 rings (SSSR count). The first-order valence-corrected chi connectivity index (χ1v) is 14.1. The maximum absolute atomic E-state index is 3.97. The van der Waals surface area contributed by atoms with Gasteiger partial charge in [0.15, 0.2) is 0 Å². The third-order valence-electron chi connectivity index (χ3n) is 3.29. The minimum atomic E-state index is -1.15. The van der Waals surface area contributed by atoms with E-state index in [-0.39, 0.29) is 0 Å². The number of hydrogen-bond acceptors (Lipinski definition) is 1. The Kier molecular flexibility index (Phi) is 7.41. The molecule has 106 valence electrons. The minimum absolute atomic E-state index is 1.11. The van der Waals surface area contributed by atoms with Crippen molar-refractivity contribution in [1.29, 1.82) is 0 Å². The quantitative estimate of drug-likeness (QED) is 0.317. The van der Waals surface area contributed by atoms with Gasteiger partial charge < -0.3 is 4.23 Å². The summed E-state index contributed by atoms with van der Waals surface area (Å²) in [6.45, 7) is 23.9. The van der Waals surface area contributed by atoms with Crippen molar-refractivity contribution in [2.75, 3.05) is 6.54 Å². The third kappa shape index (κ3) is 7.34. The first kappa shape index (κ1) is 17.9. The van der Waals surface area contributed by atoms with Crippen molar-refractivity contribution < 1.29 is 0 Å². The van der Waals surface area contributed by atoms with Gasteiger partial charge >= 0.3 is 0 Å².